The molecule has 2 saturated heterocycles. The molecule has 0 radical (unpaired) electrons. The molecule has 0 aromatic carbocycles. The van der Waals surface area contributed by atoms with E-state index in [-0.39, 0.29) is 49.2 Å². The van der Waals surface area contributed by atoms with E-state index in [0.29, 0.717) is 6.42 Å². The molecule has 8 heteroatoms. The fraction of sp³-hybridized carbons (Fsp3) is 0.875. The van der Waals surface area contributed by atoms with Gasteiger partial charge in [-0.25, -0.2) is 4.79 Å². The van der Waals surface area contributed by atoms with Crippen molar-refractivity contribution in [2.75, 3.05) is 6.54 Å². The van der Waals surface area contributed by atoms with E-state index in [9.17, 15) is 14.7 Å². The molecule has 8 nitrogen and oxygen atoms in total. The summed E-state index contributed by atoms with van der Waals surface area (Å²) in [6, 6.07) is -0.158. The lowest BCUT2D eigenvalue weighted by Gasteiger charge is -2.20. The molecule has 5 unspecified atom stereocenters. The highest BCUT2D eigenvalue weighted by atomic mass is 16.6. The van der Waals surface area contributed by atoms with Gasteiger partial charge < -0.3 is 30.5 Å². The van der Waals surface area contributed by atoms with Crippen molar-refractivity contribution >= 4 is 11.9 Å². The van der Waals surface area contributed by atoms with Crippen LogP contribution < -0.4 is 16.0 Å². The first-order chi connectivity index (χ1) is 11.3. The van der Waals surface area contributed by atoms with Crippen LogP contribution in [0.25, 0.3) is 0 Å². The molecule has 0 bridgehead atoms. The van der Waals surface area contributed by atoms with E-state index in [4.69, 9.17) is 9.47 Å². The van der Waals surface area contributed by atoms with E-state index >= 15 is 0 Å². The van der Waals surface area contributed by atoms with Gasteiger partial charge in [0.2, 0.25) is 5.91 Å². The smallest absolute Gasteiger partial charge is 0.315 e. The summed E-state index contributed by atoms with van der Waals surface area (Å²) < 4.78 is 11.6. The van der Waals surface area contributed by atoms with Crippen LogP contribution in [0.2, 0.25) is 0 Å². The van der Waals surface area contributed by atoms with Crippen molar-refractivity contribution < 1.29 is 24.2 Å². The molecule has 2 rings (SSSR count). The Kier molecular flexibility index (Phi) is 6.42. The van der Waals surface area contributed by atoms with Gasteiger partial charge in [0.05, 0.1) is 18.6 Å². The molecule has 0 spiro atoms. The second-order valence-corrected chi connectivity index (χ2v) is 7.10. The van der Waals surface area contributed by atoms with E-state index in [1.807, 2.05) is 27.7 Å². The predicted octanol–water partition coefficient (Wildman–Crippen LogP) is -0.105. The van der Waals surface area contributed by atoms with Gasteiger partial charge in [0.15, 0.2) is 0 Å². The van der Waals surface area contributed by atoms with Gasteiger partial charge in [0.1, 0.15) is 18.3 Å². The SMILES string of the molecule is CC(C)NC(=O)CC1CC2OC(CNC(=O)NC(C)C)C(O)C2O1. The number of carbonyl (C=O) groups is 2. The molecule has 5 atom stereocenters. The zero-order chi connectivity index (χ0) is 17.9. The molecule has 0 aliphatic carbocycles. The normalized spacial score (nSPS) is 32.0. The van der Waals surface area contributed by atoms with Crippen molar-refractivity contribution in [3.05, 3.63) is 0 Å². The zero-order valence-corrected chi connectivity index (χ0v) is 14.7. The zero-order valence-electron chi connectivity index (χ0n) is 14.7. The number of aliphatic hydroxyl groups excluding tert-OH is 1. The summed E-state index contributed by atoms with van der Waals surface area (Å²) in [5.74, 6) is -0.0620. The summed E-state index contributed by atoms with van der Waals surface area (Å²) in [6.45, 7) is 7.77. The van der Waals surface area contributed by atoms with Crippen LogP contribution in [0.4, 0.5) is 4.79 Å². The number of urea groups is 1. The standard InChI is InChI=1S/C16H29N3O5/c1-8(2)18-13(20)6-10-5-11-15(23-10)14(21)12(24-11)7-17-16(22)19-9(3)4/h8-12,14-15,21H,5-7H2,1-4H3,(H,18,20)(H2,17,19,22). The van der Waals surface area contributed by atoms with Crippen molar-refractivity contribution in [3.8, 4) is 0 Å². The van der Waals surface area contributed by atoms with Gasteiger partial charge in [-0.05, 0) is 27.7 Å². The first kappa shape index (κ1) is 19.0. The van der Waals surface area contributed by atoms with Crippen molar-refractivity contribution in [1.82, 2.24) is 16.0 Å². The first-order valence-electron chi connectivity index (χ1n) is 8.59. The fourth-order valence-corrected chi connectivity index (χ4v) is 3.10. The third-order valence-electron chi connectivity index (χ3n) is 4.02. The highest BCUT2D eigenvalue weighted by molar-refractivity contribution is 5.76. The molecule has 3 amide bonds. The fourth-order valence-electron chi connectivity index (χ4n) is 3.10. The van der Waals surface area contributed by atoms with Crippen LogP contribution in [0.15, 0.2) is 0 Å². The highest BCUT2D eigenvalue weighted by Crippen LogP contribution is 2.35. The Morgan fingerprint density at radius 3 is 2.38 bits per heavy atom. The van der Waals surface area contributed by atoms with Crippen LogP contribution >= 0.6 is 0 Å². The first-order valence-corrected chi connectivity index (χ1v) is 8.59. The number of aliphatic hydroxyl groups is 1. The van der Waals surface area contributed by atoms with E-state index < -0.39 is 18.3 Å². The molecule has 2 heterocycles. The van der Waals surface area contributed by atoms with Gasteiger partial charge in [-0.3, -0.25) is 4.79 Å². The number of hydrogen-bond donors (Lipinski definition) is 4. The number of amides is 3. The Balaban J connectivity index is 1.75. The van der Waals surface area contributed by atoms with E-state index in [2.05, 4.69) is 16.0 Å². The van der Waals surface area contributed by atoms with Gasteiger partial charge in [0, 0.05) is 25.0 Å². The largest absolute Gasteiger partial charge is 0.388 e. The van der Waals surface area contributed by atoms with Gasteiger partial charge in [-0.1, -0.05) is 0 Å². The van der Waals surface area contributed by atoms with E-state index in [0.717, 1.165) is 0 Å². The van der Waals surface area contributed by atoms with Gasteiger partial charge >= 0.3 is 6.03 Å². The highest BCUT2D eigenvalue weighted by Gasteiger charge is 2.50. The summed E-state index contributed by atoms with van der Waals surface area (Å²) in [4.78, 5) is 23.4. The number of nitrogens with one attached hydrogen (secondary N) is 3. The van der Waals surface area contributed by atoms with Gasteiger partial charge in [-0.15, -0.1) is 0 Å². The Hall–Kier alpha value is -1.38. The lowest BCUT2D eigenvalue weighted by Crippen LogP contribution is -2.45. The molecule has 2 aliphatic rings. The maximum Gasteiger partial charge on any atom is 0.315 e. The summed E-state index contributed by atoms with van der Waals surface area (Å²) in [7, 11) is 0. The van der Waals surface area contributed by atoms with Gasteiger partial charge in [0.25, 0.3) is 0 Å². The van der Waals surface area contributed by atoms with Crippen LogP contribution in [0.1, 0.15) is 40.5 Å². The number of hydrogen-bond acceptors (Lipinski definition) is 5. The molecule has 0 aromatic heterocycles. The third-order valence-corrected chi connectivity index (χ3v) is 4.02. The maximum absolute atomic E-state index is 11.8. The summed E-state index contributed by atoms with van der Waals surface area (Å²) in [6.07, 6.45) is -1.40. The molecule has 4 N–H and O–H groups in total. The molecule has 0 saturated carbocycles. The van der Waals surface area contributed by atoms with Gasteiger partial charge in [-0.2, -0.15) is 0 Å². The monoisotopic (exact) mass is 343 g/mol. The maximum atomic E-state index is 11.8. The topological polar surface area (TPSA) is 109 Å². The lowest BCUT2D eigenvalue weighted by atomic mass is 10.1. The van der Waals surface area contributed by atoms with E-state index in [1.165, 1.54) is 0 Å². The second-order valence-electron chi connectivity index (χ2n) is 7.10. The van der Waals surface area contributed by atoms with Crippen LogP contribution in [0.3, 0.4) is 0 Å². The average Bonchev–Trinajstić information content (AvgIpc) is 2.94. The Labute approximate surface area is 142 Å². The predicted molar refractivity (Wildman–Crippen MR) is 87.5 cm³/mol. The van der Waals surface area contributed by atoms with Crippen LogP contribution in [0, 0.1) is 0 Å². The molecule has 0 aromatic rings. The Morgan fingerprint density at radius 2 is 1.79 bits per heavy atom. The summed E-state index contributed by atoms with van der Waals surface area (Å²) in [5.41, 5.74) is 0. The molecule has 138 valence electrons. The minimum absolute atomic E-state index is 0.0416. The number of fused-ring (bicyclic) bond motifs is 1. The molecular weight excluding hydrogens is 314 g/mol. The summed E-state index contributed by atoms with van der Waals surface area (Å²) in [5, 5.41) is 18.6. The second kappa shape index (κ2) is 8.13. The quantitative estimate of drug-likeness (QED) is 0.538. The van der Waals surface area contributed by atoms with E-state index in [1.54, 1.807) is 0 Å². The lowest BCUT2D eigenvalue weighted by molar-refractivity contribution is -0.125. The van der Waals surface area contributed by atoms with Crippen molar-refractivity contribution in [2.45, 2.75) is 83.1 Å². The number of rotatable bonds is 6. The minimum Gasteiger partial charge on any atom is -0.388 e. The number of ether oxygens (including phenoxy) is 2. The molecule has 2 aliphatic heterocycles. The van der Waals surface area contributed by atoms with Crippen molar-refractivity contribution in [3.63, 3.8) is 0 Å². The van der Waals surface area contributed by atoms with Crippen molar-refractivity contribution in [2.24, 2.45) is 0 Å². The molecule has 2 fully saturated rings. The Morgan fingerprint density at radius 1 is 1.12 bits per heavy atom. The molecular formula is C16H29N3O5. The Bertz CT molecular complexity index is 455. The molecule has 24 heavy (non-hydrogen) atoms. The van der Waals surface area contributed by atoms with Crippen LogP contribution in [-0.2, 0) is 14.3 Å². The average molecular weight is 343 g/mol. The van der Waals surface area contributed by atoms with Crippen molar-refractivity contribution in [1.29, 1.82) is 0 Å². The third kappa shape index (κ3) is 5.06. The van der Waals surface area contributed by atoms with Crippen LogP contribution in [-0.4, -0.2) is 66.2 Å². The van der Waals surface area contributed by atoms with Crippen LogP contribution in [0.5, 0.6) is 0 Å². The minimum atomic E-state index is -0.812. The summed E-state index contributed by atoms with van der Waals surface area (Å²) >= 11 is 0. The number of carbonyl (C=O) groups excluding carboxylic acids is 2.